The number of anilines is 1. The van der Waals surface area contributed by atoms with Crippen LogP contribution >= 0.6 is 0 Å². The van der Waals surface area contributed by atoms with Gasteiger partial charge < -0.3 is 10.2 Å². The van der Waals surface area contributed by atoms with Crippen molar-refractivity contribution in [3.8, 4) is 0 Å². The number of rotatable bonds is 2. The van der Waals surface area contributed by atoms with Crippen molar-refractivity contribution < 1.29 is 4.39 Å². The Bertz CT molecular complexity index is 592. The van der Waals surface area contributed by atoms with Crippen LogP contribution in [-0.4, -0.2) is 13.1 Å². The first-order chi connectivity index (χ1) is 9.72. The molecule has 2 aromatic rings. The number of nitrogens with zero attached hydrogens (tertiary/aromatic N) is 1. The second-order valence-electron chi connectivity index (χ2n) is 5.36. The Labute approximate surface area is 119 Å². The summed E-state index contributed by atoms with van der Waals surface area (Å²) < 4.78 is 13.0. The van der Waals surface area contributed by atoms with Gasteiger partial charge in [0, 0.05) is 31.9 Å². The standard InChI is InChI=1S/C17H19FN2/c1-13-2-7-17-15(10-13)11-19-8-9-20(17)12-14-3-5-16(18)6-4-14/h2-7,10,19H,8-9,11-12H2,1H3. The van der Waals surface area contributed by atoms with Crippen molar-refractivity contribution >= 4 is 5.69 Å². The molecule has 0 bridgehead atoms. The van der Waals surface area contributed by atoms with Gasteiger partial charge in [-0.05, 0) is 36.2 Å². The molecule has 0 atom stereocenters. The number of benzene rings is 2. The van der Waals surface area contributed by atoms with Crippen LogP contribution in [0.4, 0.5) is 10.1 Å². The molecule has 1 N–H and O–H groups in total. The zero-order valence-corrected chi connectivity index (χ0v) is 11.7. The molecule has 0 fully saturated rings. The van der Waals surface area contributed by atoms with Gasteiger partial charge in [0.15, 0.2) is 0 Å². The molecule has 3 heteroatoms. The lowest BCUT2D eigenvalue weighted by Gasteiger charge is -2.25. The Morgan fingerprint density at radius 1 is 1.15 bits per heavy atom. The molecule has 0 saturated heterocycles. The Hall–Kier alpha value is -1.87. The van der Waals surface area contributed by atoms with Crippen LogP contribution in [0.5, 0.6) is 0 Å². The van der Waals surface area contributed by atoms with Crippen LogP contribution in [0.2, 0.25) is 0 Å². The highest BCUT2D eigenvalue weighted by atomic mass is 19.1. The van der Waals surface area contributed by atoms with Gasteiger partial charge in [-0.15, -0.1) is 0 Å². The van der Waals surface area contributed by atoms with Crippen molar-refractivity contribution in [1.29, 1.82) is 0 Å². The predicted octanol–water partition coefficient (Wildman–Crippen LogP) is 3.24. The van der Waals surface area contributed by atoms with Gasteiger partial charge >= 0.3 is 0 Å². The fourth-order valence-corrected chi connectivity index (χ4v) is 2.70. The summed E-state index contributed by atoms with van der Waals surface area (Å²) in [6, 6.07) is 13.4. The molecule has 1 heterocycles. The van der Waals surface area contributed by atoms with E-state index >= 15 is 0 Å². The minimum atomic E-state index is -0.178. The third kappa shape index (κ3) is 2.83. The Kier molecular flexibility index (Phi) is 3.70. The Morgan fingerprint density at radius 3 is 2.75 bits per heavy atom. The summed E-state index contributed by atoms with van der Waals surface area (Å²) in [5.41, 5.74) is 5.04. The third-order valence-corrected chi connectivity index (χ3v) is 3.74. The van der Waals surface area contributed by atoms with E-state index < -0.39 is 0 Å². The molecule has 1 aliphatic heterocycles. The number of fused-ring (bicyclic) bond motifs is 1. The summed E-state index contributed by atoms with van der Waals surface area (Å²) in [5, 5.41) is 3.45. The van der Waals surface area contributed by atoms with Gasteiger partial charge in [0.1, 0.15) is 5.82 Å². The molecule has 0 spiro atoms. The quantitative estimate of drug-likeness (QED) is 0.901. The van der Waals surface area contributed by atoms with Crippen molar-refractivity contribution in [3.63, 3.8) is 0 Å². The van der Waals surface area contributed by atoms with Crippen molar-refractivity contribution in [1.82, 2.24) is 5.32 Å². The largest absolute Gasteiger partial charge is 0.366 e. The van der Waals surface area contributed by atoms with Crippen LogP contribution in [0, 0.1) is 12.7 Å². The van der Waals surface area contributed by atoms with Crippen LogP contribution in [0.25, 0.3) is 0 Å². The van der Waals surface area contributed by atoms with Crippen LogP contribution in [0.1, 0.15) is 16.7 Å². The Balaban J connectivity index is 1.88. The maximum Gasteiger partial charge on any atom is 0.123 e. The van der Waals surface area contributed by atoms with Crippen LogP contribution < -0.4 is 10.2 Å². The zero-order chi connectivity index (χ0) is 13.9. The van der Waals surface area contributed by atoms with Crippen molar-refractivity contribution in [2.75, 3.05) is 18.0 Å². The summed E-state index contributed by atoms with van der Waals surface area (Å²) in [6.07, 6.45) is 0. The number of hydrogen-bond donors (Lipinski definition) is 1. The molecule has 0 aliphatic carbocycles. The molecule has 0 saturated carbocycles. The van der Waals surface area contributed by atoms with E-state index in [2.05, 4.69) is 35.3 Å². The normalized spacial score (nSPS) is 14.8. The minimum Gasteiger partial charge on any atom is -0.366 e. The van der Waals surface area contributed by atoms with Crippen LogP contribution in [0.15, 0.2) is 42.5 Å². The second-order valence-corrected chi connectivity index (χ2v) is 5.36. The lowest BCUT2D eigenvalue weighted by atomic mass is 10.1. The maximum absolute atomic E-state index is 13.0. The van der Waals surface area contributed by atoms with E-state index in [-0.39, 0.29) is 5.82 Å². The SMILES string of the molecule is Cc1ccc2c(c1)CNCCN2Cc1ccc(F)cc1. The van der Waals surface area contributed by atoms with Crippen LogP contribution in [0.3, 0.4) is 0 Å². The summed E-state index contributed by atoms with van der Waals surface area (Å²) in [7, 11) is 0. The first-order valence-electron chi connectivity index (χ1n) is 7.02. The van der Waals surface area contributed by atoms with E-state index in [0.717, 1.165) is 31.7 Å². The average molecular weight is 270 g/mol. The van der Waals surface area contributed by atoms with Crippen molar-refractivity contribution in [2.24, 2.45) is 0 Å². The lowest BCUT2D eigenvalue weighted by molar-refractivity contribution is 0.626. The van der Waals surface area contributed by atoms with E-state index in [0.29, 0.717) is 0 Å². The highest BCUT2D eigenvalue weighted by Crippen LogP contribution is 2.25. The lowest BCUT2D eigenvalue weighted by Crippen LogP contribution is -2.28. The molecule has 0 unspecified atom stereocenters. The molecular formula is C17H19FN2. The number of nitrogens with one attached hydrogen (secondary N) is 1. The van der Waals surface area contributed by atoms with Gasteiger partial charge in [-0.2, -0.15) is 0 Å². The van der Waals surface area contributed by atoms with E-state index in [1.807, 2.05) is 12.1 Å². The number of aryl methyl sites for hydroxylation is 1. The van der Waals surface area contributed by atoms with Crippen LogP contribution in [-0.2, 0) is 13.1 Å². The average Bonchev–Trinajstić information content (AvgIpc) is 2.63. The highest BCUT2D eigenvalue weighted by Gasteiger charge is 2.15. The number of halogens is 1. The van der Waals surface area contributed by atoms with Gasteiger partial charge in [-0.3, -0.25) is 0 Å². The van der Waals surface area contributed by atoms with Gasteiger partial charge in [0.25, 0.3) is 0 Å². The van der Waals surface area contributed by atoms with Crippen molar-refractivity contribution in [3.05, 3.63) is 65.0 Å². The third-order valence-electron chi connectivity index (χ3n) is 3.74. The van der Waals surface area contributed by atoms with E-state index in [4.69, 9.17) is 0 Å². The Morgan fingerprint density at radius 2 is 1.95 bits per heavy atom. The predicted molar refractivity (Wildman–Crippen MR) is 80.3 cm³/mol. The molecule has 20 heavy (non-hydrogen) atoms. The smallest absolute Gasteiger partial charge is 0.123 e. The molecule has 1 aliphatic rings. The minimum absolute atomic E-state index is 0.178. The van der Waals surface area contributed by atoms with Gasteiger partial charge in [-0.1, -0.05) is 29.8 Å². The molecule has 0 aromatic heterocycles. The molecule has 2 aromatic carbocycles. The topological polar surface area (TPSA) is 15.3 Å². The van der Waals surface area contributed by atoms with Gasteiger partial charge in [-0.25, -0.2) is 4.39 Å². The first-order valence-corrected chi connectivity index (χ1v) is 7.02. The number of hydrogen-bond acceptors (Lipinski definition) is 2. The van der Waals surface area contributed by atoms with E-state index in [9.17, 15) is 4.39 Å². The molecule has 0 radical (unpaired) electrons. The fraction of sp³-hybridized carbons (Fsp3) is 0.294. The van der Waals surface area contributed by atoms with Crippen molar-refractivity contribution in [2.45, 2.75) is 20.0 Å². The molecule has 3 rings (SSSR count). The highest BCUT2D eigenvalue weighted by molar-refractivity contribution is 5.56. The zero-order valence-electron chi connectivity index (χ0n) is 11.7. The monoisotopic (exact) mass is 270 g/mol. The first kappa shape index (κ1) is 13.1. The summed E-state index contributed by atoms with van der Waals surface area (Å²) >= 11 is 0. The molecule has 104 valence electrons. The second kappa shape index (κ2) is 5.63. The summed E-state index contributed by atoms with van der Waals surface area (Å²) in [4.78, 5) is 2.36. The maximum atomic E-state index is 13.0. The molecular weight excluding hydrogens is 251 g/mol. The van der Waals surface area contributed by atoms with Gasteiger partial charge in [0.2, 0.25) is 0 Å². The molecule has 0 amide bonds. The fourth-order valence-electron chi connectivity index (χ4n) is 2.70. The summed E-state index contributed by atoms with van der Waals surface area (Å²) in [5.74, 6) is -0.178. The van der Waals surface area contributed by atoms with E-state index in [1.54, 1.807) is 0 Å². The van der Waals surface area contributed by atoms with Gasteiger partial charge in [0.05, 0.1) is 0 Å². The van der Waals surface area contributed by atoms with E-state index in [1.165, 1.54) is 28.9 Å². The molecule has 2 nitrogen and oxygen atoms in total. The summed E-state index contributed by atoms with van der Waals surface area (Å²) in [6.45, 7) is 5.78.